The molecule has 0 amide bonds. The Kier molecular flexibility index (Phi) is 11.3. The zero-order chi connectivity index (χ0) is 39.3. The third kappa shape index (κ3) is 7.42. The van der Waals surface area contributed by atoms with Crippen LogP contribution in [-0.4, -0.2) is 166 Å². The minimum atomic E-state index is -2.03. The number of hydrogen-bond donors (Lipinski definition) is 12. The van der Waals surface area contributed by atoms with Crippen LogP contribution in [0.1, 0.15) is 6.92 Å². The number of aliphatic hydroxyl groups excluding tert-OH is 9. The van der Waals surface area contributed by atoms with Crippen LogP contribution in [0.2, 0.25) is 0 Å². The van der Waals surface area contributed by atoms with E-state index in [9.17, 15) is 70.9 Å². The fourth-order valence-electron chi connectivity index (χ4n) is 6.13. The van der Waals surface area contributed by atoms with Gasteiger partial charge in [-0.05, 0) is 31.2 Å². The Hall–Kier alpha value is -4.20. The lowest BCUT2D eigenvalue weighted by Gasteiger charge is -2.42. The maximum atomic E-state index is 14.0. The Morgan fingerprint density at radius 1 is 0.704 bits per heavy atom. The van der Waals surface area contributed by atoms with E-state index < -0.39 is 138 Å². The minimum absolute atomic E-state index is 0.0733. The van der Waals surface area contributed by atoms with Crippen LogP contribution in [0.4, 0.5) is 0 Å². The molecular formula is C33H38O21. The van der Waals surface area contributed by atoms with E-state index >= 15 is 0 Å². The summed E-state index contributed by atoms with van der Waals surface area (Å²) in [7, 11) is 0. The summed E-state index contributed by atoms with van der Waals surface area (Å²) in [6, 6.07) is 6.92. The highest BCUT2D eigenvalue weighted by atomic mass is 16.7. The Balaban J connectivity index is 1.32. The van der Waals surface area contributed by atoms with Crippen molar-refractivity contribution in [2.24, 2.45) is 0 Å². The average molecular weight is 771 g/mol. The van der Waals surface area contributed by atoms with Crippen molar-refractivity contribution >= 4 is 16.9 Å². The number of ether oxygens (including phenoxy) is 6. The van der Waals surface area contributed by atoms with Crippen LogP contribution in [-0.2, 0) is 23.7 Å². The molecule has 3 fully saturated rings. The molecule has 3 aliphatic rings. The second-order valence-corrected chi connectivity index (χ2v) is 13.0. The number of carboxylic acid groups (broad SMARTS) is 1. The number of phenols is 2. The number of carbonyl (C=O) groups is 1. The second kappa shape index (κ2) is 15.5. The van der Waals surface area contributed by atoms with Gasteiger partial charge in [0.05, 0.1) is 12.7 Å². The van der Waals surface area contributed by atoms with Gasteiger partial charge in [0.15, 0.2) is 18.2 Å². The molecule has 0 saturated carbocycles. The monoisotopic (exact) mass is 770 g/mol. The smallest absolute Gasteiger partial charge is 0.335 e. The Bertz CT molecular complexity index is 1870. The normalized spacial score (nSPS) is 37.2. The molecule has 3 saturated heterocycles. The molecule has 0 aliphatic carbocycles. The first kappa shape index (κ1) is 39.5. The van der Waals surface area contributed by atoms with Gasteiger partial charge in [0.1, 0.15) is 89.3 Å². The maximum absolute atomic E-state index is 14.0. The minimum Gasteiger partial charge on any atom is -0.508 e. The zero-order valence-electron chi connectivity index (χ0n) is 27.9. The summed E-state index contributed by atoms with van der Waals surface area (Å²) in [6.45, 7) is 0.757. The number of fused-ring (bicyclic) bond motifs is 1. The molecular weight excluding hydrogens is 732 g/mol. The van der Waals surface area contributed by atoms with E-state index in [4.69, 9.17) is 32.8 Å². The van der Waals surface area contributed by atoms with Gasteiger partial charge in [0.25, 0.3) is 0 Å². The number of phenolic OH excluding ortho intramolecular Hbond substituents is 2. The molecule has 296 valence electrons. The molecule has 1 aromatic heterocycles. The Morgan fingerprint density at radius 3 is 1.94 bits per heavy atom. The van der Waals surface area contributed by atoms with Crippen molar-refractivity contribution in [2.45, 2.75) is 99.0 Å². The second-order valence-electron chi connectivity index (χ2n) is 13.0. The van der Waals surface area contributed by atoms with Gasteiger partial charge in [0, 0.05) is 17.7 Å². The number of aliphatic carboxylic acids is 1. The molecule has 4 heterocycles. The van der Waals surface area contributed by atoms with Gasteiger partial charge in [-0.15, -0.1) is 0 Å². The van der Waals surface area contributed by atoms with Crippen LogP contribution in [0.15, 0.2) is 45.6 Å². The van der Waals surface area contributed by atoms with Gasteiger partial charge in [-0.2, -0.15) is 0 Å². The number of carboxylic acids is 1. The standard InChI is InChI=1S/C33H38O21/c1-9-17(36)20(39)24(43)31(49-9)48-8-15-18(37)21(40)25(44)33(52-15)53-28-19(38)16-13(35)6-12(7-14(16)51-27(28)10-2-4-11(34)5-3-10)50-32-26(45)22(41)23(42)29(54-32)30(46)47/h2-7,9,15,17-18,20-26,29,31-37,39-45H,8H2,1H3,(H,46,47)/t9-,15+,17-,18+,20+,21-,22-,23-,24+,25+,26+,29-,31+,32+,33-/m0/s1. The van der Waals surface area contributed by atoms with Crippen molar-refractivity contribution < 1.29 is 98.9 Å². The fourth-order valence-corrected chi connectivity index (χ4v) is 6.13. The third-order valence-corrected chi connectivity index (χ3v) is 9.24. The van der Waals surface area contributed by atoms with E-state index in [1.54, 1.807) is 0 Å². The SMILES string of the molecule is C[C@@H]1O[C@@H](OC[C@H]2O[C@@H](Oc3c(-c4ccc(O)cc4)oc4cc(O[C@@H]5O[C@H](C(=O)O)[C@@H](O)[C@H](O)[C@H]5O)cc(O)c4c3=O)[C@H](O)[C@@H](O)[C@@H]2O)[C@H](O)[C@H](O)[C@H]1O. The van der Waals surface area contributed by atoms with Crippen molar-refractivity contribution in [3.05, 3.63) is 46.6 Å². The Labute approximate surface area is 302 Å². The van der Waals surface area contributed by atoms with Crippen LogP contribution in [0.5, 0.6) is 23.0 Å². The van der Waals surface area contributed by atoms with Crippen LogP contribution in [0.3, 0.4) is 0 Å². The summed E-state index contributed by atoms with van der Waals surface area (Å²) in [5, 5.41) is 123. The quantitative estimate of drug-likeness (QED) is 0.0991. The van der Waals surface area contributed by atoms with Crippen LogP contribution in [0, 0.1) is 0 Å². The number of aliphatic hydroxyl groups is 9. The first-order valence-corrected chi connectivity index (χ1v) is 16.4. The maximum Gasteiger partial charge on any atom is 0.335 e. The van der Waals surface area contributed by atoms with Gasteiger partial charge < -0.3 is 94.1 Å². The van der Waals surface area contributed by atoms with Gasteiger partial charge in [0.2, 0.25) is 23.8 Å². The van der Waals surface area contributed by atoms with E-state index in [2.05, 4.69) is 0 Å². The summed E-state index contributed by atoms with van der Waals surface area (Å²) < 4.78 is 38.9. The lowest BCUT2D eigenvalue weighted by atomic mass is 9.98. The van der Waals surface area contributed by atoms with Gasteiger partial charge in [-0.25, -0.2) is 4.79 Å². The van der Waals surface area contributed by atoms with Crippen molar-refractivity contribution in [3.63, 3.8) is 0 Å². The molecule has 0 spiro atoms. The van der Waals surface area contributed by atoms with E-state index in [1.165, 1.54) is 31.2 Å². The molecule has 3 aromatic rings. The number of aromatic hydroxyl groups is 2. The molecule has 0 radical (unpaired) electrons. The lowest BCUT2D eigenvalue weighted by molar-refractivity contribution is -0.318. The molecule has 21 heteroatoms. The molecule has 54 heavy (non-hydrogen) atoms. The molecule has 6 rings (SSSR count). The largest absolute Gasteiger partial charge is 0.508 e. The predicted octanol–water partition coefficient (Wildman–Crippen LogP) is -3.83. The molecule has 21 nitrogen and oxygen atoms in total. The summed E-state index contributed by atoms with van der Waals surface area (Å²) in [5.41, 5.74) is -1.42. The van der Waals surface area contributed by atoms with E-state index in [0.29, 0.717) is 0 Å². The van der Waals surface area contributed by atoms with Crippen LogP contribution < -0.4 is 14.9 Å². The van der Waals surface area contributed by atoms with Crippen LogP contribution >= 0.6 is 0 Å². The molecule has 3 aliphatic heterocycles. The fraction of sp³-hybridized carbons (Fsp3) is 0.515. The average Bonchev–Trinajstić information content (AvgIpc) is 3.13. The highest BCUT2D eigenvalue weighted by Crippen LogP contribution is 2.39. The lowest BCUT2D eigenvalue weighted by Crippen LogP contribution is -2.61. The summed E-state index contributed by atoms with van der Waals surface area (Å²) in [5.74, 6) is -4.18. The van der Waals surface area contributed by atoms with Crippen molar-refractivity contribution in [2.75, 3.05) is 6.61 Å². The van der Waals surface area contributed by atoms with E-state index in [0.717, 1.165) is 12.1 Å². The van der Waals surface area contributed by atoms with Gasteiger partial charge >= 0.3 is 5.97 Å². The first-order chi connectivity index (χ1) is 25.5. The highest BCUT2D eigenvalue weighted by Gasteiger charge is 2.49. The summed E-state index contributed by atoms with van der Waals surface area (Å²) >= 11 is 0. The van der Waals surface area contributed by atoms with Crippen molar-refractivity contribution in [3.8, 4) is 34.3 Å². The highest BCUT2D eigenvalue weighted by molar-refractivity contribution is 5.88. The van der Waals surface area contributed by atoms with E-state index in [1.807, 2.05) is 0 Å². The molecule has 12 N–H and O–H groups in total. The molecule has 2 aromatic carbocycles. The molecule has 0 unspecified atom stereocenters. The van der Waals surface area contributed by atoms with Crippen molar-refractivity contribution in [1.29, 1.82) is 0 Å². The third-order valence-electron chi connectivity index (χ3n) is 9.24. The molecule has 15 atom stereocenters. The van der Waals surface area contributed by atoms with Gasteiger partial charge in [-0.3, -0.25) is 4.79 Å². The zero-order valence-corrected chi connectivity index (χ0v) is 27.9. The first-order valence-electron chi connectivity index (χ1n) is 16.4. The van der Waals surface area contributed by atoms with E-state index in [-0.39, 0.29) is 17.1 Å². The van der Waals surface area contributed by atoms with Crippen LogP contribution in [0.25, 0.3) is 22.3 Å². The number of rotatable bonds is 9. The Morgan fingerprint density at radius 2 is 1.30 bits per heavy atom. The molecule has 0 bridgehead atoms. The number of hydrogen-bond acceptors (Lipinski definition) is 20. The topological polar surface area (TPSA) is 345 Å². The summed E-state index contributed by atoms with van der Waals surface area (Å²) in [6.07, 6.45) is -26.5. The van der Waals surface area contributed by atoms with Gasteiger partial charge in [-0.1, -0.05) is 0 Å². The predicted molar refractivity (Wildman–Crippen MR) is 172 cm³/mol. The van der Waals surface area contributed by atoms with Crippen molar-refractivity contribution in [1.82, 2.24) is 0 Å². The number of benzene rings is 2. The summed E-state index contributed by atoms with van der Waals surface area (Å²) in [4.78, 5) is 25.6.